The highest BCUT2D eigenvalue weighted by Crippen LogP contribution is 2.35. The summed E-state index contributed by atoms with van der Waals surface area (Å²) >= 11 is 1.44. The SMILES string of the molecule is COc1cccc(-c2nc(C(C)(C)C)c(CC(=O)O)s2)c1. The maximum absolute atomic E-state index is 11.1. The minimum Gasteiger partial charge on any atom is -0.497 e. The first kappa shape index (κ1) is 15.5. The summed E-state index contributed by atoms with van der Waals surface area (Å²) in [6, 6.07) is 7.65. The Bertz CT molecular complexity index is 656. The highest BCUT2D eigenvalue weighted by molar-refractivity contribution is 7.15. The van der Waals surface area contributed by atoms with Gasteiger partial charge in [0.2, 0.25) is 0 Å². The molecule has 0 saturated carbocycles. The molecule has 112 valence electrons. The van der Waals surface area contributed by atoms with E-state index in [-0.39, 0.29) is 11.8 Å². The summed E-state index contributed by atoms with van der Waals surface area (Å²) in [4.78, 5) is 16.5. The molecule has 0 fully saturated rings. The van der Waals surface area contributed by atoms with Gasteiger partial charge < -0.3 is 9.84 Å². The lowest BCUT2D eigenvalue weighted by Gasteiger charge is -2.16. The van der Waals surface area contributed by atoms with Crippen LogP contribution in [0.1, 0.15) is 31.3 Å². The van der Waals surface area contributed by atoms with Crippen molar-refractivity contribution in [1.82, 2.24) is 4.98 Å². The molecule has 0 aliphatic carbocycles. The number of carboxylic acids is 1. The van der Waals surface area contributed by atoms with Crippen molar-refractivity contribution >= 4 is 17.3 Å². The molecular formula is C16H19NO3S. The van der Waals surface area contributed by atoms with Crippen molar-refractivity contribution < 1.29 is 14.6 Å². The van der Waals surface area contributed by atoms with Gasteiger partial charge in [-0.15, -0.1) is 11.3 Å². The Morgan fingerprint density at radius 1 is 1.38 bits per heavy atom. The van der Waals surface area contributed by atoms with Crippen LogP contribution < -0.4 is 4.74 Å². The minimum atomic E-state index is -0.832. The van der Waals surface area contributed by atoms with Crippen LogP contribution in [-0.2, 0) is 16.6 Å². The normalized spacial score (nSPS) is 11.4. The lowest BCUT2D eigenvalue weighted by molar-refractivity contribution is -0.136. The van der Waals surface area contributed by atoms with E-state index in [9.17, 15) is 4.79 Å². The van der Waals surface area contributed by atoms with E-state index in [1.165, 1.54) is 11.3 Å². The maximum atomic E-state index is 11.1. The van der Waals surface area contributed by atoms with E-state index in [0.717, 1.165) is 26.9 Å². The molecule has 2 aromatic rings. The Balaban J connectivity index is 2.50. The van der Waals surface area contributed by atoms with Crippen molar-refractivity contribution in [2.75, 3.05) is 7.11 Å². The highest BCUT2D eigenvalue weighted by atomic mass is 32.1. The molecule has 2 rings (SSSR count). The van der Waals surface area contributed by atoms with Gasteiger partial charge in [0.05, 0.1) is 19.2 Å². The minimum absolute atomic E-state index is 0.00817. The van der Waals surface area contributed by atoms with Gasteiger partial charge in [-0.25, -0.2) is 4.98 Å². The molecule has 0 amide bonds. The number of aromatic nitrogens is 1. The van der Waals surface area contributed by atoms with Crippen LogP contribution in [0.5, 0.6) is 5.75 Å². The Morgan fingerprint density at radius 3 is 2.67 bits per heavy atom. The lowest BCUT2D eigenvalue weighted by Crippen LogP contribution is -2.15. The van der Waals surface area contributed by atoms with Crippen molar-refractivity contribution in [3.8, 4) is 16.3 Å². The van der Waals surface area contributed by atoms with Gasteiger partial charge in [0.25, 0.3) is 0 Å². The molecule has 0 radical (unpaired) electrons. The molecule has 0 aliphatic heterocycles. The van der Waals surface area contributed by atoms with E-state index in [1.807, 2.05) is 45.0 Å². The molecule has 21 heavy (non-hydrogen) atoms. The number of carbonyl (C=O) groups is 1. The lowest BCUT2D eigenvalue weighted by atomic mass is 9.91. The van der Waals surface area contributed by atoms with Crippen LogP contribution in [0.15, 0.2) is 24.3 Å². The summed E-state index contributed by atoms with van der Waals surface area (Å²) in [5.74, 6) is -0.0684. The van der Waals surface area contributed by atoms with Crippen molar-refractivity contribution in [2.45, 2.75) is 32.6 Å². The molecule has 0 atom stereocenters. The van der Waals surface area contributed by atoms with Gasteiger partial charge in [-0.3, -0.25) is 4.79 Å². The number of benzene rings is 1. The third-order valence-corrected chi connectivity index (χ3v) is 4.14. The van der Waals surface area contributed by atoms with Gasteiger partial charge in [-0.1, -0.05) is 32.9 Å². The van der Waals surface area contributed by atoms with E-state index in [0.29, 0.717) is 0 Å². The average Bonchev–Trinajstić information content (AvgIpc) is 2.82. The zero-order valence-electron chi connectivity index (χ0n) is 12.6. The third-order valence-electron chi connectivity index (χ3n) is 3.04. The van der Waals surface area contributed by atoms with Crippen LogP contribution in [-0.4, -0.2) is 23.2 Å². The summed E-state index contributed by atoms with van der Waals surface area (Å²) in [6.45, 7) is 6.13. The van der Waals surface area contributed by atoms with Crippen molar-refractivity contribution in [2.24, 2.45) is 0 Å². The average molecular weight is 305 g/mol. The second-order valence-corrected chi connectivity index (χ2v) is 6.93. The van der Waals surface area contributed by atoms with E-state index in [1.54, 1.807) is 7.11 Å². The Kier molecular flexibility index (Phi) is 4.32. The molecule has 0 aliphatic rings. The van der Waals surface area contributed by atoms with Crippen molar-refractivity contribution in [3.63, 3.8) is 0 Å². The molecule has 1 aromatic heterocycles. The third kappa shape index (κ3) is 3.61. The first-order chi connectivity index (χ1) is 9.81. The van der Waals surface area contributed by atoms with Crippen molar-refractivity contribution in [1.29, 1.82) is 0 Å². The largest absolute Gasteiger partial charge is 0.497 e. The molecule has 0 saturated heterocycles. The Morgan fingerprint density at radius 2 is 2.10 bits per heavy atom. The fourth-order valence-electron chi connectivity index (χ4n) is 2.07. The number of hydrogen-bond donors (Lipinski definition) is 1. The van der Waals surface area contributed by atoms with E-state index in [2.05, 4.69) is 4.98 Å². The van der Waals surface area contributed by atoms with Crippen LogP contribution in [0.2, 0.25) is 0 Å². The van der Waals surface area contributed by atoms with Crippen LogP contribution >= 0.6 is 11.3 Å². The first-order valence-electron chi connectivity index (χ1n) is 6.67. The quantitative estimate of drug-likeness (QED) is 0.934. The summed E-state index contributed by atoms with van der Waals surface area (Å²) in [6.07, 6.45) is 0.00817. The van der Waals surface area contributed by atoms with E-state index >= 15 is 0 Å². The summed E-state index contributed by atoms with van der Waals surface area (Å²) in [5, 5.41) is 9.91. The number of thiazole rings is 1. The van der Waals surface area contributed by atoms with Crippen LogP contribution in [0.3, 0.4) is 0 Å². The molecule has 5 heteroatoms. The zero-order chi connectivity index (χ0) is 15.6. The number of rotatable bonds is 4. The number of aliphatic carboxylic acids is 1. The smallest absolute Gasteiger partial charge is 0.308 e. The standard InChI is InChI=1S/C16H19NO3S/c1-16(2,3)14-12(9-13(18)19)21-15(17-14)10-6-5-7-11(8-10)20-4/h5-8H,9H2,1-4H3,(H,18,19). The molecule has 1 N–H and O–H groups in total. The van der Waals surface area contributed by atoms with Gasteiger partial charge in [0.1, 0.15) is 10.8 Å². The van der Waals surface area contributed by atoms with Gasteiger partial charge >= 0.3 is 5.97 Å². The van der Waals surface area contributed by atoms with Gasteiger partial charge in [0, 0.05) is 15.9 Å². The monoisotopic (exact) mass is 305 g/mol. The van der Waals surface area contributed by atoms with Gasteiger partial charge in [0.15, 0.2) is 0 Å². The van der Waals surface area contributed by atoms with Crippen molar-refractivity contribution in [3.05, 3.63) is 34.8 Å². The fraction of sp³-hybridized carbons (Fsp3) is 0.375. The summed E-state index contributed by atoms with van der Waals surface area (Å²) < 4.78 is 5.23. The van der Waals surface area contributed by atoms with Crippen LogP contribution in [0.4, 0.5) is 0 Å². The second-order valence-electron chi connectivity index (χ2n) is 5.84. The molecule has 0 unspecified atom stereocenters. The van der Waals surface area contributed by atoms with E-state index in [4.69, 9.17) is 9.84 Å². The molecule has 1 aromatic carbocycles. The number of nitrogens with zero attached hydrogens (tertiary/aromatic N) is 1. The number of carboxylic acid groups (broad SMARTS) is 1. The molecule has 0 bridgehead atoms. The van der Waals surface area contributed by atoms with Crippen LogP contribution in [0.25, 0.3) is 10.6 Å². The van der Waals surface area contributed by atoms with Gasteiger partial charge in [-0.05, 0) is 12.1 Å². The predicted molar refractivity (Wildman–Crippen MR) is 84.1 cm³/mol. The van der Waals surface area contributed by atoms with Gasteiger partial charge in [-0.2, -0.15) is 0 Å². The highest BCUT2D eigenvalue weighted by Gasteiger charge is 2.24. The molecule has 0 spiro atoms. The Labute approximate surface area is 128 Å². The summed E-state index contributed by atoms with van der Waals surface area (Å²) in [7, 11) is 1.62. The zero-order valence-corrected chi connectivity index (χ0v) is 13.5. The maximum Gasteiger partial charge on any atom is 0.308 e. The topological polar surface area (TPSA) is 59.4 Å². The predicted octanol–water partition coefficient (Wildman–Crippen LogP) is 3.74. The van der Waals surface area contributed by atoms with Crippen LogP contribution in [0, 0.1) is 0 Å². The molecule has 1 heterocycles. The molecule has 4 nitrogen and oxygen atoms in total. The number of ether oxygens (including phenoxy) is 1. The number of hydrogen-bond acceptors (Lipinski definition) is 4. The van der Waals surface area contributed by atoms with E-state index < -0.39 is 5.97 Å². The first-order valence-corrected chi connectivity index (χ1v) is 7.49. The summed E-state index contributed by atoms with van der Waals surface area (Å²) in [5.41, 5.74) is 1.62. The Hall–Kier alpha value is -1.88. The molecular weight excluding hydrogens is 286 g/mol. The number of methoxy groups -OCH3 is 1. The second kappa shape index (κ2) is 5.85. The fourth-order valence-corrected chi connectivity index (χ4v) is 3.33.